The second-order valence-corrected chi connectivity index (χ2v) is 4.91. The molecule has 0 bridgehead atoms. The van der Waals surface area contributed by atoms with Crippen molar-refractivity contribution in [2.75, 3.05) is 25.0 Å². The third kappa shape index (κ3) is 2.06. The molecule has 18 heavy (non-hydrogen) atoms. The maximum atomic E-state index is 13.0. The molecule has 0 aromatic heterocycles. The zero-order valence-corrected chi connectivity index (χ0v) is 10.0. The van der Waals surface area contributed by atoms with Gasteiger partial charge in [-0.15, -0.1) is 0 Å². The maximum absolute atomic E-state index is 13.0. The van der Waals surface area contributed by atoms with E-state index in [0.29, 0.717) is 17.6 Å². The molecule has 2 fully saturated rings. The molecule has 2 amide bonds. The number of hydrogen-bond donors (Lipinski definition) is 2. The lowest BCUT2D eigenvalue weighted by atomic mass is 10.1. The van der Waals surface area contributed by atoms with Crippen LogP contribution < -0.4 is 10.6 Å². The average molecular weight is 249 g/mol. The number of nitrogens with one attached hydrogen (secondary N) is 2. The van der Waals surface area contributed by atoms with E-state index >= 15 is 0 Å². The molecule has 1 aromatic rings. The number of halogens is 1. The number of urea groups is 1. The first-order valence-corrected chi connectivity index (χ1v) is 6.28. The van der Waals surface area contributed by atoms with Gasteiger partial charge in [0.25, 0.3) is 0 Å². The molecule has 0 unspecified atom stereocenters. The van der Waals surface area contributed by atoms with E-state index in [0.717, 1.165) is 26.1 Å². The summed E-state index contributed by atoms with van der Waals surface area (Å²) in [7, 11) is 0. The molecule has 2 heterocycles. The number of nitrogens with zero attached hydrogens (tertiary/aromatic N) is 1. The van der Waals surface area contributed by atoms with Crippen molar-refractivity contribution >= 4 is 11.7 Å². The SMILES string of the molecule is O=C(Nc1cccc(F)c1)N1CC[C@@H]2CNC[C@@H]21. The standard InChI is InChI=1S/C13H16FN3O/c14-10-2-1-3-11(6-10)16-13(18)17-5-4-9-7-15-8-12(9)17/h1-3,6,9,12,15H,4-5,7-8H2,(H,16,18)/t9-,12+/m1/s1. The first-order valence-electron chi connectivity index (χ1n) is 6.28. The van der Waals surface area contributed by atoms with E-state index < -0.39 is 0 Å². The molecule has 2 N–H and O–H groups in total. The Morgan fingerprint density at radius 2 is 2.33 bits per heavy atom. The number of anilines is 1. The summed E-state index contributed by atoms with van der Waals surface area (Å²) in [5, 5.41) is 6.06. The second-order valence-electron chi connectivity index (χ2n) is 4.91. The zero-order valence-electron chi connectivity index (χ0n) is 10.0. The number of hydrogen-bond acceptors (Lipinski definition) is 2. The van der Waals surface area contributed by atoms with Gasteiger partial charge in [0.05, 0.1) is 0 Å². The van der Waals surface area contributed by atoms with Crippen molar-refractivity contribution in [3.8, 4) is 0 Å². The van der Waals surface area contributed by atoms with Crippen molar-refractivity contribution < 1.29 is 9.18 Å². The normalized spacial score (nSPS) is 26.2. The third-order valence-corrected chi connectivity index (χ3v) is 3.78. The molecular weight excluding hydrogens is 233 g/mol. The van der Waals surface area contributed by atoms with Gasteiger partial charge in [0.15, 0.2) is 0 Å². The average Bonchev–Trinajstić information content (AvgIpc) is 2.89. The van der Waals surface area contributed by atoms with E-state index in [1.54, 1.807) is 12.1 Å². The minimum atomic E-state index is -0.338. The second kappa shape index (κ2) is 4.57. The lowest BCUT2D eigenvalue weighted by molar-refractivity contribution is 0.206. The summed E-state index contributed by atoms with van der Waals surface area (Å²) in [4.78, 5) is 14.0. The first kappa shape index (κ1) is 11.5. The molecule has 2 saturated heterocycles. The van der Waals surface area contributed by atoms with Crippen LogP contribution in [-0.4, -0.2) is 36.6 Å². The smallest absolute Gasteiger partial charge is 0.320 e. The number of amides is 2. The number of benzene rings is 1. The minimum Gasteiger partial charge on any atom is -0.320 e. The van der Waals surface area contributed by atoms with Crippen LogP contribution in [0.5, 0.6) is 0 Å². The van der Waals surface area contributed by atoms with E-state index in [1.807, 2.05) is 4.90 Å². The lowest BCUT2D eigenvalue weighted by Crippen LogP contribution is -2.41. The van der Waals surface area contributed by atoms with Crippen molar-refractivity contribution in [3.63, 3.8) is 0 Å². The predicted molar refractivity (Wildman–Crippen MR) is 66.9 cm³/mol. The van der Waals surface area contributed by atoms with E-state index in [4.69, 9.17) is 0 Å². The molecule has 2 atom stereocenters. The third-order valence-electron chi connectivity index (χ3n) is 3.78. The van der Waals surface area contributed by atoms with E-state index in [1.165, 1.54) is 12.1 Å². The van der Waals surface area contributed by atoms with Crippen LogP contribution in [0.1, 0.15) is 6.42 Å². The van der Waals surface area contributed by atoms with Crippen LogP contribution in [0.3, 0.4) is 0 Å². The van der Waals surface area contributed by atoms with Crippen LogP contribution >= 0.6 is 0 Å². The van der Waals surface area contributed by atoms with Gasteiger partial charge in [0.1, 0.15) is 5.82 Å². The van der Waals surface area contributed by atoms with Crippen molar-refractivity contribution in [2.45, 2.75) is 12.5 Å². The number of fused-ring (bicyclic) bond motifs is 1. The number of rotatable bonds is 1. The first-order chi connectivity index (χ1) is 8.74. The van der Waals surface area contributed by atoms with Crippen molar-refractivity contribution in [1.82, 2.24) is 10.2 Å². The molecule has 5 heteroatoms. The Balaban J connectivity index is 1.68. The summed E-state index contributed by atoms with van der Waals surface area (Å²) in [6.07, 6.45) is 1.05. The quantitative estimate of drug-likeness (QED) is 0.795. The van der Waals surface area contributed by atoms with Gasteiger partial charge in [-0.1, -0.05) is 6.07 Å². The number of carbonyl (C=O) groups excluding carboxylic acids is 1. The van der Waals surface area contributed by atoms with Gasteiger partial charge in [-0.3, -0.25) is 0 Å². The van der Waals surface area contributed by atoms with Crippen molar-refractivity contribution in [2.24, 2.45) is 5.92 Å². The Morgan fingerprint density at radius 1 is 1.44 bits per heavy atom. The summed E-state index contributed by atoms with van der Waals surface area (Å²) >= 11 is 0. The Kier molecular flexibility index (Phi) is 2.91. The Morgan fingerprint density at radius 3 is 3.17 bits per heavy atom. The van der Waals surface area contributed by atoms with Crippen molar-refractivity contribution in [3.05, 3.63) is 30.1 Å². The van der Waals surface area contributed by atoms with E-state index in [2.05, 4.69) is 10.6 Å². The van der Waals surface area contributed by atoms with Gasteiger partial charge in [-0.2, -0.15) is 0 Å². The highest BCUT2D eigenvalue weighted by atomic mass is 19.1. The molecule has 96 valence electrons. The highest BCUT2D eigenvalue weighted by Crippen LogP contribution is 2.27. The zero-order chi connectivity index (χ0) is 12.5. The highest BCUT2D eigenvalue weighted by molar-refractivity contribution is 5.89. The molecule has 2 aliphatic rings. The Bertz CT molecular complexity index is 465. The Labute approximate surface area is 105 Å². The molecule has 0 saturated carbocycles. The van der Waals surface area contributed by atoms with Crippen molar-refractivity contribution in [1.29, 1.82) is 0 Å². The van der Waals surface area contributed by atoms with Crippen LogP contribution in [0.2, 0.25) is 0 Å². The molecule has 0 spiro atoms. The van der Waals surface area contributed by atoms with Crippen LogP contribution in [0, 0.1) is 11.7 Å². The van der Waals surface area contributed by atoms with Gasteiger partial charge in [0.2, 0.25) is 0 Å². The highest BCUT2D eigenvalue weighted by Gasteiger charge is 2.39. The summed E-state index contributed by atoms with van der Waals surface area (Å²) in [5.41, 5.74) is 0.509. The monoisotopic (exact) mass is 249 g/mol. The van der Waals surface area contributed by atoms with Crippen LogP contribution in [0.25, 0.3) is 0 Å². The number of likely N-dealkylation sites (tertiary alicyclic amines) is 1. The minimum absolute atomic E-state index is 0.128. The molecule has 1 aromatic carbocycles. The molecule has 4 nitrogen and oxygen atoms in total. The van der Waals surface area contributed by atoms with Crippen LogP contribution in [-0.2, 0) is 0 Å². The summed E-state index contributed by atoms with van der Waals surface area (Å²) < 4.78 is 13.0. The van der Waals surface area contributed by atoms with Gasteiger partial charge >= 0.3 is 6.03 Å². The largest absolute Gasteiger partial charge is 0.322 e. The topological polar surface area (TPSA) is 44.4 Å². The summed E-state index contributed by atoms with van der Waals surface area (Å²) in [6.45, 7) is 2.65. The summed E-state index contributed by atoms with van der Waals surface area (Å²) in [6, 6.07) is 6.15. The van der Waals surface area contributed by atoms with Gasteiger partial charge in [-0.25, -0.2) is 9.18 Å². The maximum Gasteiger partial charge on any atom is 0.322 e. The van der Waals surface area contributed by atoms with E-state index in [9.17, 15) is 9.18 Å². The summed E-state index contributed by atoms with van der Waals surface area (Å²) in [5.74, 6) is 0.234. The molecule has 0 aliphatic carbocycles. The van der Waals surface area contributed by atoms with Gasteiger partial charge in [0, 0.05) is 31.4 Å². The van der Waals surface area contributed by atoms with Gasteiger partial charge in [-0.05, 0) is 30.5 Å². The Hall–Kier alpha value is -1.62. The van der Waals surface area contributed by atoms with Crippen LogP contribution in [0.15, 0.2) is 24.3 Å². The van der Waals surface area contributed by atoms with E-state index in [-0.39, 0.29) is 11.8 Å². The fourth-order valence-electron chi connectivity index (χ4n) is 2.86. The number of carbonyl (C=O) groups is 1. The van der Waals surface area contributed by atoms with Crippen LogP contribution in [0.4, 0.5) is 14.9 Å². The molecule has 2 aliphatic heterocycles. The lowest BCUT2D eigenvalue weighted by Gasteiger charge is -2.23. The molecular formula is C13H16FN3O. The fourth-order valence-corrected chi connectivity index (χ4v) is 2.86. The fraction of sp³-hybridized carbons (Fsp3) is 0.462. The predicted octanol–water partition coefficient (Wildman–Crippen LogP) is 1.65. The van der Waals surface area contributed by atoms with Gasteiger partial charge < -0.3 is 15.5 Å². The molecule has 3 rings (SSSR count). The molecule has 0 radical (unpaired) electrons.